The molecule has 0 radical (unpaired) electrons. The molecule has 1 atom stereocenters. The van der Waals surface area contributed by atoms with Crippen molar-refractivity contribution in [1.29, 1.82) is 0 Å². The molecule has 142 valence electrons. The van der Waals surface area contributed by atoms with Gasteiger partial charge in [0.1, 0.15) is 5.75 Å². The van der Waals surface area contributed by atoms with Crippen LogP contribution in [0.2, 0.25) is 0 Å². The molecule has 1 unspecified atom stereocenters. The van der Waals surface area contributed by atoms with Gasteiger partial charge in [0, 0.05) is 16.9 Å². The fourth-order valence-electron chi connectivity index (χ4n) is 4.08. The molecule has 1 aliphatic heterocycles. The molecule has 0 spiro atoms. The van der Waals surface area contributed by atoms with Crippen molar-refractivity contribution in [2.24, 2.45) is 0 Å². The third kappa shape index (κ3) is 2.91. The number of nitrogens with zero attached hydrogens (tertiary/aromatic N) is 1. The van der Waals surface area contributed by atoms with Crippen molar-refractivity contribution in [2.75, 3.05) is 12.0 Å². The van der Waals surface area contributed by atoms with Crippen LogP contribution in [0.1, 0.15) is 29.2 Å². The molecule has 28 heavy (non-hydrogen) atoms. The summed E-state index contributed by atoms with van der Waals surface area (Å²) in [5, 5.41) is 10.2. The Bertz CT molecular complexity index is 1030. The number of hydrogen-bond donors (Lipinski definition) is 1. The number of hydrogen-bond acceptors (Lipinski definition) is 4. The molecule has 0 fully saturated rings. The summed E-state index contributed by atoms with van der Waals surface area (Å²) in [7, 11) is 1.42. The molecule has 4 heteroatoms. The lowest BCUT2D eigenvalue weighted by Gasteiger charge is -2.40. The summed E-state index contributed by atoms with van der Waals surface area (Å²) < 4.78 is 5.00. The molecule has 0 amide bonds. The van der Waals surface area contributed by atoms with E-state index in [2.05, 4.69) is 29.2 Å². The van der Waals surface area contributed by atoms with Crippen LogP contribution in [0.15, 0.2) is 60.7 Å². The number of ether oxygens (including phenoxy) is 1. The summed E-state index contributed by atoms with van der Waals surface area (Å²) in [6.45, 7) is 3.79. The number of phenols is 1. The number of methoxy groups -OCH3 is 1. The molecule has 3 aromatic carbocycles. The van der Waals surface area contributed by atoms with Gasteiger partial charge in [-0.3, -0.25) is 4.79 Å². The number of para-hydroxylation sites is 1. The molecule has 1 aliphatic rings. The SMILES string of the molecule is COC(=O)CC1c2ccccc2-c2ccccc2N1c1cc(C)c(O)c(C)c1. The normalized spacial score (nSPS) is 15.0. The van der Waals surface area contributed by atoms with Crippen LogP contribution in [-0.4, -0.2) is 18.2 Å². The maximum Gasteiger partial charge on any atom is 0.307 e. The Morgan fingerprint density at radius 3 is 2.29 bits per heavy atom. The lowest BCUT2D eigenvalue weighted by atomic mass is 9.86. The summed E-state index contributed by atoms with van der Waals surface area (Å²) in [5.41, 5.74) is 6.96. The lowest BCUT2D eigenvalue weighted by molar-refractivity contribution is -0.141. The van der Waals surface area contributed by atoms with Gasteiger partial charge in [-0.25, -0.2) is 0 Å². The standard InChI is InChI=1S/C24H23NO3/c1-15-12-17(13-16(2)24(15)27)25-21-11-7-6-9-19(21)18-8-4-5-10-20(18)22(25)14-23(26)28-3/h4-13,22,27H,14H2,1-3H3. The Labute approximate surface area is 165 Å². The maximum atomic E-state index is 12.3. The first kappa shape index (κ1) is 18.1. The Morgan fingerprint density at radius 2 is 1.61 bits per heavy atom. The maximum absolute atomic E-state index is 12.3. The minimum absolute atomic E-state index is 0.193. The van der Waals surface area contributed by atoms with Crippen LogP contribution in [0.3, 0.4) is 0 Å². The zero-order valence-corrected chi connectivity index (χ0v) is 16.3. The monoisotopic (exact) mass is 373 g/mol. The van der Waals surface area contributed by atoms with Crippen molar-refractivity contribution in [3.63, 3.8) is 0 Å². The molecule has 0 saturated heterocycles. The van der Waals surface area contributed by atoms with E-state index < -0.39 is 0 Å². The molecule has 0 aromatic heterocycles. The van der Waals surface area contributed by atoms with Gasteiger partial charge in [-0.05, 0) is 54.3 Å². The number of phenolic OH excluding ortho intramolecular Hbond substituents is 1. The number of fused-ring (bicyclic) bond motifs is 3. The Kier molecular flexibility index (Phi) is 4.55. The number of benzene rings is 3. The number of carbonyl (C=O) groups is 1. The van der Waals surface area contributed by atoms with Crippen molar-refractivity contribution >= 4 is 17.3 Å². The highest BCUT2D eigenvalue weighted by Crippen LogP contribution is 2.50. The first-order valence-electron chi connectivity index (χ1n) is 9.36. The van der Waals surface area contributed by atoms with Gasteiger partial charge in [-0.2, -0.15) is 0 Å². The highest BCUT2D eigenvalue weighted by Gasteiger charge is 2.33. The third-order valence-electron chi connectivity index (χ3n) is 5.43. The van der Waals surface area contributed by atoms with Gasteiger partial charge in [0.05, 0.1) is 19.6 Å². The van der Waals surface area contributed by atoms with Gasteiger partial charge in [-0.1, -0.05) is 42.5 Å². The van der Waals surface area contributed by atoms with Gasteiger partial charge in [0.15, 0.2) is 0 Å². The van der Waals surface area contributed by atoms with E-state index in [0.717, 1.165) is 39.2 Å². The molecule has 3 aromatic rings. The number of esters is 1. The minimum atomic E-state index is -0.253. The van der Waals surface area contributed by atoms with E-state index in [4.69, 9.17) is 4.74 Å². The topological polar surface area (TPSA) is 49.8 Å². The first-order valence-corrected chi connectivity index (χ1v) is 9.36. The minimum Gasteiger partial charge on any atom is -0.507 e. The number of carbonyl (C=O) groups excluding carboxylic acids is 1. The van der Waals surface area contributed by atoms with Crippen molar-refractivity contribution in [3.8, 4) is 16.9 Å². The van der Waals surface area contributed by atoms with E-state index in [9.17, 15) is 9.90 Å². The smallest absolute Gasteiger partial charge is 0.307 e. The van der Waals surface area contributed by atoms with Crippen LogP contribution in [0.25, 0.3) is 11.1 Å². The molecule has 0 bridgehead atoms. The number of aromatic hydroxyl groups is 1. The molecule has 1 N–H and O–H groups in total. The van der Waals surface area contributed by atoms with Crippen molar-refractivity contribution in [1.82, 2.24) is 0 Å². The van der Waals surface area contributed by atoms with Crippen LogP contribution < -0.4 is 4.90 Å². The van der Waals surface area contributed by atoms with Crippen molar-refractivity contribution in [2.45, 2.75) is 26.3 Å². The van der Waals surface area contributed by atoms with Crippen LogP contribution >= 0.6 is 0 Å². The summed E-state index contributed by atoms with van der Waals surface area (Å²) in [6.07, 6.45) is 0.237. The fraction of sp³-hybridized carbons (Fsp3) is 0.208. The second-order valence-electron chi connectivity index (χ2n) is 7.20. The van der Waals surface area contributed by atoms with E-state index >= 15 is 0 Å². The number of aryl methyl sites for hydroxylation is 2. The molecule has 1 heterocycles. The zero-order chi connectivity index (χ0) is 19.8. The largest absolute Gasteiger partial charge is 0.507 e. The summed E-state index contributed by atoms with van der Waals surface area (Å²) in [4.78, 5) is 14.5. The number of rotatable bonds is 3. The van der Waals surface area contributed by atoms with Crippen LogP contribution in [-0.2, 0) is 9.53 Å². The summed E-state index contributed by atoms with van der Waals surface area (Å²) >= 11 is 0. The van der Waals surface area contributed by atoms with Crippen LogP contribution in [0.4, 0.5) is 11.4 Å². The van der Waals surface area contributed by atoms with Crippen LogP contribution in [0.5, 0.6) is 5.75 Å². The zero-order valence-electron chi connectivity index (χ0n) is 16.3. The van der Waals surface area contributed by atoms with Crippen molar-refractivity contribution in [3.05, 3.63) is 77.4 Å². The third-order valence-corrected chi connectivity index (χ3v) is 5.43. The van der Waals surface area contributed by atoms with E-state index in [0.29, 0.717) is 5.75 Å². The predicted octanol–water partition coefficient (Wildman–Crippen LogP) is 5.43. The predicted molar refractivity (Wildman–Crippen MR) is 111 cm³/mol. The molecular formula is C24H23NO3. The Hall–Kier alpha value is -3.27. The van der Waals surface area contributed by atoms with Gasteiger partial charge in [0.25, 0.3) is 0 Å². The highest BCUT2D eigenvalue weighted by atomic mass is 16.5. The molecule has 0 aliphatic carbocycles. The molecular weight excluding hydrogens is 350 g/mol. The van der Waals surface area contributed by atoms with Crippen molar-refractivity contribution < 1.29 is 14.6 Å². The number of anilines is 2. The highest BCUT2D eigenvalue weighted by molar-refractivity contribution is 5.90. The average molecular weight is 373 g/mol. The van der Waals surface area contributed by atoms with E-state index in [1.54, 1.807) is 0 Å². The quantitative estimate of drug-likeness (QED) is 0.622. The molecule has 4 rings (SSSR count). The molecule has 0 saturated carbocycles. The Balaban J connectivity index is 1.97. The van der Waals surface area contributed by atoms with E-state index in [1.807, 2.05) is 50.2 Å². The second kappa shape index (κ2) is 7.04. The lowest BCUT2D eigenvalue weighted by Crippen LogP contribution is -2.30. The second-order valence-corrected chi connectivity index (χ2v) is 7.20. The van der Waals surface area contributed by atoms with E-state index in [1.165, 1.54) is 7.11 Å². The molecule has 4 nitrogen and oxygen atoms in total. The summed E-state index contributed by atoms with van der Waals surface area (Å²) in [5.74, 6) is 0.0513. The Morgan fingerprint density at radius 1 is 1.00 bits per heavy atom. The first-order chi connectivity index (χ1) is 13.5. The average Bonchev–Trinajstić information content (AvgIpc) is 2.71. The van der Waals surface area contributed by atoms with Gasteiger partial charge in [-0.15, -0.1) is 0 Å². The van der Waals surface area contributed by atoms with Gasteiger partial charge in [0.2, 0.25) is 0 Å². The van der Waals surface area contributed by atoms with Gasteiger partial charge >= 0.3 is 5.97 Å². The summed E-state index contributed by atoms with van der Waals surface area (Å²) in [6, 6.07) is 20.2. The van der Waals surface area contributed by atoms with Gasteiger partial charge < -0.3 is 14.7 Å². The fourth-order valence-corrected chi connectivity index (χ4v) is 4.08. The van der Waals surface area contributed by atoms with Crippen LogP contribution in [0, 0.1) is 13.8 Å². The van der Waals surface area contributed by atoms with E-state index in [-0.39, 0.29) is 18.4 Å².